The molecule has 0 radical (unpaired) electrons. The summed E-state index contributed by atoms with van der Waals surface area (Å²) in [5.41, 5.74) is 2.23. The van der Waals surface area contributed by atoms with Crippen LogP contribution in [-0.2, 0) is 6.42 Å². The van der Waals surface area contributed by atoms with E-state index in [0.717, 1.165) is 24.0 Å². The Kier molecular flexibility index (Phi) is 4.61. The van der Waals surface area contributed by atoms with Gasteiger partial charge in [-0.3, -0.25) is 0 Å². The number of hydrogen-bond donors (Lipinski definition) is 0. The molecule has 0 amide bonds. The summed E-state index contributed by atoms with van der Waals surface area (Å²) >= 11 is 0. The first-order valence-electron chi connectivity index (χ1n) is 9.18. The van der Waals surface area contributed by atoms with Gasteiger partial charge in [0.2, 0.25) is 0 Å². The maximum Gasteiger partial charge on any atom is 0.134 e. The topological polar surface area (TPSA) is 0 Å². The zero-order valence-corrected chi connectivity index (χ0v) is 15.0. The molecule has 3 heteroatoms. The van der Waals surface area contributed by atoms with Crippen molar-refractivity contribution in [2.45, 2.75) is 26.2 Å². The van der Waals surface area contributed by atoms with Crippen LogP contribution in [0.1, 0.15) is 25.3 Å². The largest absolute Gasteiger partial charge is 0.207 e. The van der Waals surface area contributed by atoms with Crippen molar-refractivity contribution in [1.82, 2.24) is 0 Å². The second-order valence-corrected chi connectivity index (χ2v) is 6.86. The Balaban J connectivity index is 1.89. The van der Waals surface area contributed by atoms with Crippen LogP contribution in [0.4, 0.5) is 13.2 Å². The van der Waals surface area contributed by atoms with Gasteiger partial charge in [0.15, 0.2) is 0 Å². The van der Waals surface area contributed by atoms with Gasteiger partial charge in [0.25, 0.3) is 0 Å². The average Bonchev–Trinajstić information content (AvgIpc) is 2.68. The summed E-state index contributed by atoms with van der Waals surface area (Å²) in [6, 6.07) is 16.5. The molecule has 0 aliphatic heterocycles. The van der Waals surface area contributed by atoms with E-state index in [4.69, 9.17) is 0 Å². The van der Waals surface area contributed by atoms with Crippen LogP contribution < -0.4 is 0 Å². The number of aryl methyl sites for hydroxylation is 1. The molecule has 0 N–H and O–H groups in total. The molecule has 4 aromatic rings. The molecule has 27 heavy (non-hydrogen) atoms. The fourth-order valence-corrected chi connectivity index (χ4v) is 3.58. The van der Waals surface area contributed by atoms with E-state index in [0.29, 0.717) is 33.5 Å². The molecule has 0 fully saturated rings. The monoisotopic (exact) mass is 364 g/mol. The summed E-state index contributed by atoms with van der Waals surface area (Å²) in [5, 5.41) is 2.14. The van der Waals surface area contributed by atoms with Gasteiger partial charge in [-0.25, -0.2) is 13.2 Å². The third kappa shape index (κ3) is 3.18. The lowest BCUT2D eigenvalue weighted by atomic mass is 9.95. The average molecular weight is 364 g/mol. The Morgan fingerprint density at radius 1 is 0.667 bits per heavy atom. The van der Waals surface area contributed by atoms with Gasteiger partial charge in [-0.1, -0.05) is 49.7 Å². The highest BCUT2D eigenvalue weighted by Crippen LogP contribution is 2.34. The predicted molar refractivity (Wildman–Crippen MR) is 105 cm³/mol. The van der Waals surface area contributed by atoms with E-state index in [1.807, 2.05) is 18.2 Å². The Bertz CT molecular complexity index is 1130. The van der Waals surface area contributed by atoms with Gasteiger partial charge in [-0.2, -0.15) is 0 Å². The Morgan fingerprint density at radius 3 is 2.07 bits per heavy atom. The first-order chi connectivity index (χ1) is 13.1. The number of halogens is 3. The smallest absolute Gasteiger partial charge is 0.134 e. The molecule has 0 spiro atoms. The Hall–Kier alpha value is -2.81. The van der Waals surface area contributed by atoms with Crippen LogP contribution >= 0.6 is 0 Å². The van der Waals surface area contributed by atoms with Crippen molar-refractivity contribution in [1.29, 1.82) is 0 Å². The molecule has 0 heterocycles. The van der Waals surface area contributed by atoms with Crippen LogP contribution in [0.25, 0.3) is 32.7 Å². The van der Waals surface area contributed by atoms with E-state index >= 15 is 0 Å². The zero-order chi connectivity index (χ0) is 19.0. The number of unbranched alkanes of at least 4 members (excludes halogenated alkanes) is 1. The van der Waals surface area contributed by atoms with Crippen LogP contribution in [0.3, 0.4) is 0 Å². The number of rotatable bonds is 4. The fraction of sp³-hybridized carbons (Fsp3) is 0.167. The minimum Gasteiger partial charge on any atom is -0.207 e. The van der Waals surface area contributed by atoms with Crippen molar-refractivity contribution >= 4 is 21.5 Å². The van der Waals surface area contributed by atoms with Gasteiger partial charge in [0.1, 0.15) is 17.5 Å². The Labute approximate surface area is 156 Å². The van der Waals surface area contributed by atoms with Crippen LogP contribution in [0.15, 0.2) is 60.7 Å². The number of benzene rings is 4. The highest BCUT2D eigenvalue weighted by molar-refractivity contribution is 6.09. The van der Waals surface area contributed by atoms with Gasteiger partial charge < -0.3 is 0 Å². The zero-order valence-electron chi connectivity index (χ0n) is 15.0. The summed E-state index contributed by atoms with van der Waals surface area (Å²) < 4.78 is 42.8. The third-order valence-electron chi connectivity index (χ3n) is 5.08. The summed E-state index contributed by atoms with van der Waals surface area (Å²) in [6.45, 7) is 2.06. The Morgan fingerprint density at radius 2 is 1.33 bits per heavy atom. The molecule has 0 atom stereocenters. The molecule has 0 aliphatic rings. The summed E-state index contributed by atoms with van der Waals surface area (Å²) in [4.78, 5) is 0. The van der Waals surface area contributed by atoms with Crippen molar-refractivity contribution in [3.8, 4) is 11.1 Å². The molecule has 0 aliphatic carbocycles. The highest BCUT2D eigenvalue weighted by Gasteiger charge is 2.13. The molecule has 0 saturated heterocycles. The van der Waals surface area contributed by atoms with Crippen molar-refractivity contribution in [2.24, 2.45) is 0 Å². The summed E-state index contributed by atoms with van der Waals surface area (Å²) in [5.74, 6) is -1.09. The van der Waals surface area contributed by atoms with Gasteiger partial charge in [-0.05, 0) is 64.6 Å². The van der Waals surface area contributed by atoms with Crippen molar-refractivity contribution in [2.75, 3.05) is 0 Å². The summed E-state index contributed by atoms with van der Waals surface area (Å²) in [7, 11) is 0. The van der Waals surface area contributed by atoms with Crippen molar-refractivity contribution < 1.29 is 13.2 Å². The normalized spacial score (nSPS) is 11.4. The van der Waals surface area contributed by atoms with Gasteiger partial charge in [-0.15, -0.1) is 0 Å². The molecule has 4 aromatic carbocycles. The first kappa shape index (κ1) is 17.6. The molecule has 0 bridgehead atoms. The van der Waals surface area contributed by atoms with E-state index in [1.165, 1.54) is 18.2 Å². The molecule has 0 saturated carbocycles. The lowest BCUT2D eigenvalue weighted by molar-refractivity contribution is 0.611. The maximum atomic E-state index is 14.9. The van der Waals surface area contributed by atoms with Crippen LogP contribution in [-0.4, -0.2) is 0 Å². The fourth-order valence-electron chi connectivity index (χ4n) is 3.58. The van der Waals surface area contributed by atoms with Gasteiger partial charge in [0, 0.05) is 10.8 Å². The SMILES string of the molecule is CCCCc1ccc2c(cc(F)c3cc(-c4ccc(F)cc4)ccc32)c1F. The molecule has 4 rings (SSSR count). The molecular formula is C24H19F3. The molecule has 136 valence electrons. The second-order valence-electron chi connectivity index (χ2n) is 6.86. The van der Waals surface area contributed by atoms with Gasteiger partial charge in [0.05, 0.1) is 0 Å². The molecule has 0 nitrogen and oxygen atoms in total. The summed E-state index contributed by atoms with van der Waals surface area (Å²) in [6.07, 6.45) is 2.54. The lowest BCUT2D eigenvalue weighted by Gasteiger charge is -2.11. The van der Waals surface area contributed by atoms with Crippen LogP contribution in [0.5, 0.6) is 0 Å². The van der Waals surface area contributed by atoms with Gasteiger partial charge >= 0.3 is 0 Å². The van der Waals surface area contributed by atoms with Crippen molar-refractivity contribution in [3.05, 3.63) is 83.7 Å². The number of hydrogen-bond acceptors (Lipinski definition) is 0. The molecular weight excluding hydrogens is 345 g/mol. The minimum absolute atomic E-state index is 0.314. The first-order valence-corrected chi connectivity index (χ1v) is 9.18. The van der Waals surface area contributed by atoms with E-state index in [2.05, 4.69) is 6.92 Å². The van der Waals surface area contributed by atoms with Crippen LogP contribution in [0, 0.1) is 17.5 Å². The third-order valence-corrected chi connectivity index (χ3v) is 5.08. The second kappa shape index (κ2) is 7.07. The van der Waals surface area contributed by atoms with E-state index in [9.17, 15) is 13.2 Å². The van der Waals surface area contributed by atoms with E-state index in [1.54, 1.807) is 24.3 Å². The standard InChI is InChI=1S/C24H19F3/c1-2-3-4-16-7-11-20-19-12-8-17(15-5-9-18(25)10-6-15)13-21(19)23(26)14-22(20)24(16)27/h5-14H,2-4H2,1H3. The quantitative estimate of drug-likeness (QED) is 0.331. The number of fused-ring (bicyclic) bond motifs is 3. The van der Waals surface area contributed by atoms with Crippen LogP contribution in [0.2, 0.25) is 0 Å². The minimum atomic E-state index is -0.451. The lowest BCUT2D eigenvalue weighted by Crippen LogP contribution is -1.94. The molecule has 0 aromatic heterocycles. The van der Waals surface area contributed by atoms with E-state index < -0.39 is 5.82 Å². The van der Waals surface area contributed by atoms with Crippen molar-refractivity contribution in [3.63, 3.8) is 0 Å². The molecule has 0 unspecified atom stereocenters. The van der Waals surface area contributed by atoms with E-state index in [-0.39, 0.29) is 11.6 Å². The predicted octanol–water partition coefficient (Wildman–Crippen LogP) is 7.42. The maximum absolute atomic E-state index is 14.9. The highest BCUT2D eigenvalue weighted by atomic mass is 19.1.